The van der Waals surface area contributed by atoms with E-state index in [0.29, 0.717) is 17.2 Å². The van der Waals surface area contributed by atoms with E-state index in [1.165, 1.54) is 11.3 Å². The summed E-state index contributed by atoms with van der Waals surface area (Å²) in [4.78, 5) is 17.1. The summed E-state index contributed by atoms with van der Waals surface area (Å²) >= 11 is 1.36. The van der Waals surface area contributed by atoms with Gasteiger partial charge in [0.2, 0.25) is 0 Å². The van der Waals surface area contributed by atoms with Gasteiger partial charge >= 0.3 is 0 Å². The Bertz CT molecular complexity index is 599. The molecule has 0 radical (unpaired) electrons. The number of carbonyl (C=O) groups excluding carboxylic acids is 1. The summed E-state index contributed by atoms with van der Waals surface area (Å²) in [7, 11) is 0. The number of nitrogens with one attached hydrogen (secondary N) is 2. The molecule has 0 saturated heterocycles. The second-order valence-electron chi connectivity index (χ2n) is 4.45. The van der Waals surface area contributed by atoms with E-state index in [1.807, 2.05) is 32.9 Å². The van der Waals surface area contributed by atoms with Gasteiger partial charge < -0.3 is 15.1 Å². The van der Waals surface area contributed by atoms with Crippen molar-refractivity contribution in [1.29, 1.82) is 0 Å². The van der Waals surface area contributed by atoms with Crippen molar-refractivity contribution in [2.45, 2.75) is 20.8 Å². The van der Waals surface area contributed by atoms with Crippen LogP contribution in [0.5, 0.6) is 0 Å². The highest BCUT2D eigenvalue weighted by molar-refractivity contribution is 7.17. The number of aromatic nitrogens is 1. The maximum Gasteiger partial charge on any atom is 0.263 e. The average Bonchev–Trinajstić information content (AvgIpc) is 3.00. The largest absolute Gasteiger partial charge is 0.459 e. The monoisotopic (exact) mass is 365 g/mol. The summed E-state index contributed by atoms with van der Waals surface area (Å²) in [5, 5.41) is 6.79. The SMILES string of the molecule is CCNCCNC(=O)c1sc(-c2ccc(C)o2)nc1C.Cl.Cl. The molecule has 0 aliphatic carbocycles. The van der Waals surface area contributed by atoms with Crippen LogP contribution in [0.1, 0.15) is 28.0 Å². The minimum atomic E-state index is -0.0765. The molecule has 5 nitrogen and oxygen atoms in total. The maximum atomic E-state index is 12.1. The highest BCUT2D eigenvalue weighted by atomic mass is 35.5. The third-order valence-electron chi connectivity index (χ3n) is 2.79. The van der Waals surface area contributed by atoms with Gasteiger partial charge in [-0.05, 0) is 32.5 Å². The molecule has 2 rings (SSSR count). The van der Waals surface area contributed by atoms with Crippen LogP contribution < -0.4 is 10.6 Å². The minimum Gasteiger partial charge on any atom is -0.459 e. The van der Waals surface area contributed by atoms with E-state index < -0.39 is 0 Å². The van der Waals surface area contributed by atoms with Gasteiger partial charge in [-0.3, -0.25) is 4.79 Å². The summed E-state index contributed by atoms with van der Waals surface area (Å²) in [6.07, 6.45) is 0. The fourth-order valence-electron chi connectivity index (χ4n) is 1.78. The number of carbonyl (C=O) groups is 1. The highest BCUT2D eigenvalue weighted by Crippen LogP contribution is 2.29. The first-order valence-electron chi connectivity index (χ1n) is 6.65. The number of rotatable bonds is 6. The van der Waals surface area contributed by atoms with Crippen LogP contribution in [0, 0.1) is 13.8 Å². The molecule has 0 unspecified atom stereocenters. The van der Waals surface area contributed by atoms with Crippen molar-refractivity contribution in [3.8, 4) is 10.8 Å². The molecule has 0 saturated carbocycles. The van der Waals surface area contributed by atoms with E-state index >= 15 is 0 Å². The van der Waals surface area contributed by atoms with Crippen molar-refractivity contribution in [1.82, 2.24) is 15.6 Å². The molecule has 8 heteroatoms. The normalized spacial score (nSPS) is 9.77. The third kappa shape index (κ3) is 5.28. The Morgan fingerprint density at radius 1 is 1.27 bits per heavy atom. The van der Waals surface area contributed by atoms with Gasteiger partial charge in [-0.2, -0.15) is 0 Å². The lowest BCUT2D eigenvalue weighted by Gasteiger charge is -2.03. The Morgan fingerprint density at radius 3 is 2.59 bits per heavy atom. The van der Waals surface area contributed by atoms with Crippen LogP contribution in [0.15, 0.2) is 16.5 Å². The second-order valence-corrected chi connectivity index (χ2v) is 5.45. The fourth-order valence-corrected chi connectivity index (χ4v) is 2.73. The first kappa shape index (κ1) is 20.9. The lowest BCUT2D eigenvalue weighted by molar-refractivity contribution is 0.0957. The van der Waals surface area contributed by atoms with Gasteiger partial charge in [-0.25, -0.2) is 4.98 Å². The van der Waals surface area contributed by atoms with Crippen molar-refractivity contribution in [3.63, 3.8) is 0 Å². The molecule has 1 amide bonds. The molecule has 2 N–H and O–H groups in total. The van der Waals surface area contributed by atoms with Crippen LogP contribution in [0.3, 0.4) is 0 Å². The number of hydrogen-bond donors (Lipinski definition) is 2. The molecule has 0 aliphatic rings. The fraction of sp³-hybridized carbons (Fsp3) is 0.429. The second kappa shape index (κ2) is 9.84. The first-order chi connectivity index (χ1) is 9.61. The first-order valence-corrected chi connectivity index (χ1v) is 7.46. The Hall–Kier alpha value is -1.08. The van der Waals surface area contributed by atoms with Crippen LogP contribution in [-0.4, -0.2) is 30.5 Å². The third-order valence-corrected chi connectivity index (χ3v) is 3.96. The molecule has 0 aliphatic heterocycles. The van der Waals surface area contributed by atoms with Crippen LogP contribution in [-0.2, 0) is 0 Å². The molecular weight excluding hydrogens is 345 g/mol. The summed E-state index contributed by atoms with van der Waals surface area (Å²) in [5.74, 6) is 1.47. The molecule has 2 heterocycles. The molecule has 22 heavy (non-hydrogen) atoms. The van der Waals surface area contributed by atoms with E-state index in [1.54, 1.807) is 0 Å². The molecular formula is C14H21Cl2N3O2S. The quantitative estimate of drug-likeness (QED) is 0.771. The Kier molecular flexibility index (Phi) is 9.36. The van der Waals surface area contributed by atoms with Crippen molar-refractivity contribution in [2.24, 2.45) is 0 Å². The number of aryl methyl sites for hydroxylation is 2. The number of nitrogens with zero attached hydrogens (tertiary/aromatic N) is 1. The minimum absolute atomic E-state index is 0. The number of thiazole rings is 1. The van der Waals surface area contributed by atoms with Gasteiger partial charge in [0.05, 0.1) is 5.69 Å². The zero-order chi connectivity index (χ0) is 14.5. The summed E-state index contributed by atoms with van der Waals surface area (Å²) < 4.78 is 5.54. The van der Waals surface area contributed by atoms with Crippen LogP contribution in [0.4, 0.5) is 0 Å². The molecule has 0 aromatic carbocycles. The van der Waals surface area contributed by atoms with E-state index in [0.717, 1.165) is 29.6 Å². The van der Waals surface area contributed by atoms with Crippen LogP contribution >= 0.6 is 36.2 Å². The molecule has 124 valence electrons. The molecule has 0 fully saturated rings. The van der Waals surface area contributed by atoms with Crippen LogP contribution in [0.2, 0.25) is 0 Å². The lowest BCUT2D eigenvalue weighted by Crippen LogP contribution is -2.31. The number of furan rings is 1. The molecule has 0 bridgehead atoms. The predicted octanol–water partition coefficient (Wildman–Crippen LogP) is 3.20. The standard InChI is InChI=1S/C14H19N3O2S.2ClH/c1-4-15-7-8-16-13(18)12-10(3)17-14(20-12)11-6-5-9(2)19-11;;/h5-6,15H,4,7-8H2,1-3H3,(H,16,18);2*1H. The smallest absolute Gasteiger partial charge is 0.263 e. The number of halogens is 2. The van der Waals surface area contributed by atoms with E-state index in [9.17, 15) is 4.79 Å². The van der Waals surface area contributed by atoms with Gasteiger partial charge in [-0.15, -0.1) is 36.2 Å². The molecule has 2 aromatic heterocycles. The number of hydrogen-bond acceptors (Lipinski definition) is 5. The van der Waals surface area contributed by atoms with Gasteiger partial charge in [0.1, 0.15) is 10.6 Å². The Balaban J connectivity index is 0.00000220. The van der Waals surface area contributed by atoms with Crippen molar-refractivity contribution in [3.05, 3.63) is 28.5 Å². The van der Waals surface area contributed by atoms with Gasteiger partial charge in [0, 0.05) is 13.1 Å². The Labute approximate surface area is 146 Å². The molecule has 0 spiro atoms. The van der Waals surface area contributed by atoms with E-state index in [-0.39, 0.29) is 30.7 Å². The van der Waals surface area contributed by atoms with Gasteiger partial charge in [0.15, 0.2) is 10.8 Å². The van der Waals surface area contributed by atoms with Crippen molar-refractivity contribution in [2.75, 3.05) is 19.6 Å². The zero-order valence-electron chi connectivity index (χ0n) is 12.8. The van der Waals surface area contributed by atoms with Crippen LogP contribution in [0.25, 0.3) is 10.8 Å². The summed E-state index contributed by atoms with van der Waals surface area (Å²) in [5.41, 5.74) is 0.736. The summed E-state index contributed by atoms with van der Waals surface area (Å²) in [6.45, 7) is 8.04. The summed E-state index contributed by atoms with van der Waals surface area (Å²) in [6, 6.07) is 3.77. The highest BCUT2D eigenvalue weighted by Gasteiger charge is 2.17. The van der Waals surface area contributed by atoms with Gasteiger partial charge in [-0.1, -0.05) is 6.92 Å². The van der Waals surface area contributed by atoms with Crippen molar-refractivity contribution >= 4 is 42.1 Å². The van der Waals surface area contributed by atoms with Gasteiger partial charge in [0.25, 0.3) is 5.91 Å². The number of likely N-dealkylation sites (N-methyl/N-ethyl adjacent to an activating group) is 1. The molecule has 0 atom stereocenters. The number of amides is 1. The Morgan fingerprint density at radius 2 is 2.00 bits per heavy atom. The maximum absolute atomic E-state index is 12.1. The average molecular weight is 366 g/mol. The molecule has 2 aromatic rings. The van der Waals surface area contributed by atoms with Crippen molar-refractivity contribution < 1.29 is 9.21 Å². The topological polar surface area (TPSA) is 67.2 Å². The predicted molar refractivity (Wildman–Crippen MR) is 94.7 cm³/mol. The van der Waals surface area contributed by atoms with E-state index in [4.69, 9.17) is 4.42 Å². The van der Waals surface area contributed by atoms with E-state index in [2.05, 4.69) is 15.6 Å². The lowest BCUT2D eigenvalue weighted by atomic mass is 10.3. The zero-order valence-corrected chi connectivity index (χ0v) is 15.2.